The Bertz CT molecular complexity index is 1710. The molecule has 7 nitrogen and oxygen atoms in total. The number of aryl methyl sites for hydroxylation is 1. The molecule has 0 bridgehead atoms. The van der Waals surface area contributed by atoms with Gasteiger partial charge >= 0.3 is 0 Å². The van der Waals surface area contributed by atoms with Crippen molar-refractivity contribution in [3.63, 3.8) is 0 Å². The van der Waals surface area contributed by atoms with Crippen LogP contribution < -0.4 is 9.62 Å². The molecule has 1 saturated carbocycles. The first kappa shape index (κ1) is 32.9. The van der Waals surface area contributed by atoms with E-state index in [0.717, 1.165) is 59.2 Å². The molecule has 0 aliphatic heterocycles. The minimum Gasteiger partial charge on any atom is -0.352 e. The van der Waals surface area contributed by atoms with Crippen molar-refractivity contribution < 1.29 is 22.4 Å². The van der Waals surface area contributed by atoms with Gasteiger partial charge < -0.3 is 10.2 Å². The summed E-state index contributed by atoms with van der Waals surface area (Å²) in [5, 5.41) is 3.19. The molecule has 1 atom stereocenters. The lowest BCUT2D eigenvalue weighted by atomic mass is 9.94. The fourth-order valence-electron chi connectivity index (χ4n) is 5.88. The zero-order valence-electron chi connectivity index (χ0n) is 26.0. The van der Waals surface area contributed by atoms with E-state index in [2.05, 4.69) is 5.32 Å². The second kappa shape index (κ2) is 15.2. The van der Waals surface area contributed by atoms with Gasteiger partial charge in [0.2, 0.25) is 11.8 Å². The highest BCUT2D eigenvalue weighted by molar-refractivity contribution is 7.92. The molecule has 5 rings (SSSR count). The average molecular weight is 642 g/mol. The molecule has 0 aromatic heterocycles. The highest BCUT2D eigenvalue weighted by atomic mass is 32.2. The van der Waals surface area contributed by atoms with Crippen molar-refractivity contribution >= 4 is 27.5 Å². The maximum atomic E-state index is 15.3. The van der Waals surface area contributed by atoms with E-state index in [0.29, 0.717) is 0 Å². The summed E-state index contributed by atoms with van der Waals surface area (Å²) in [6, 6.07) is 29.5. The first-order valence-electron chi connectivity index (χ1n) is 15.7. The lowest BCUT2D eigenvalue weighted by Crippen LogP contribution is -2.55. The third-order valence-corrected chi connectivity index (χ3v) is 10.2. The second-order valence-corrected chi connectivity index (χ2v) is 13.7. The maximum Gasteiger partial charge on any atom is 0.264 e. The quantitative estimate of drug-likeness (QED) is 0.194. The van der Waals surface area contributed by atoms with Crippen molar-refractivity contribution in [2.75, 3.05) is 10.8 Å². The van der Waals surface area contributed by atoms with Crippen LogP contribution in [0.3, 0.4) is 0 Å². The Balaban J connectivity index is 1.55. The number of carbonyl (C=O) groups excluding carboxylic acids is 2. The molecule has 0 heterocycles. The fourth-order valence-corrected chi connectivity index (χ4v) is 7.31. The van der Waals surface area contributed by atoms with E-state index in [4.69, 9.17) is 0 Å². The maximum absolute atomic E-state index is 15.3. The molecule has 0 unspecified atom stereocenters. The Morgan fingerprint density at radius 2 is 1.39 bits per heavy atom. The van der Waals surface area contributed by atoms with E-state index in [-0.39, 0.29) is 35.5 Å². The number of carbonyl (C=O) groups is 2. The first-order valence-corrected chi connectivity index (χ1v) is 17.2. The largest absolute Gasteiger partial charge is 0.352 e. The SMILES string of the molecule is Cc1ccc(S(=O)(=O)N(CC(=O)N(Cc2ccccc2)[C@H](Cc2ccccc2)C(=O)NC2CCCCC2)c2ccccc2F)cc1. The molecule has 0 saturated heterocycles. The van der Waals surface area contributed by atoms with Crippen molar-refractivity contribution in [1.29, 1.82) is 0 Å². The molecular formula is C37H40FN3O4S. The number of nitrogens with zero attached hydrogens (tertiary/aromatic N) is 2. The summed E-state index contributed by atoms with van der Waals surface area (Å²) in [5.41, 5.74) is 2.24. The average Bonchev–Trinajstić information content (AvgIpc) is 3.07. The molecule has 9 heteroatoms. The predicted molar refractivity (Wildman–Crippen MR) is 178 cm³/mol. The third kappa shape index (κ3) is 8.20. The van der Waals surface area contributed by atoms with Gasteiger partial charge in [0.05, 0.1) is 10.6 Å². The molecule has 1 N–H and O–H groups in total. The minimum absolute atomic E-state index is 0.00466. The summed E-state index contributed by atoms with van der Waals surface area (Å²) in [6.07, 6.45) is 5.13. The summed E-state index contributed by atoms with van der Waals surface area (Å²) < 4.78 is 44.3. The number of rotatable bonds is 12. The molecule has 1 fully saturated rings. The van der Waals surface area contributed by atoms with E-state index in [1.165, 1.54) is 35.2 Å². The number of amides is 2. The Labute approximate surface area is 271 Å². The summed E-state index contributed by atoms with van der Waals surface area (Å²) in [7, 11) is -4.38. The smallest absolute Gasteiger partial charge is 0.264 e. The standard InChI is InChI=1S/C37H40FN3O4S/c1-28-21-23-32(24-22-28)46(44,45)41(34-20-12-11-19-33(34)38)27-36(42)40(26-30-15-7-3-8-16-30)35(25-29-13-5-2-6-14-29)37(43)39-31-17-9-4-10-18-31/h2-3,5-8,11-16,19-24,31,35H,4,9-10,17-18,25-27H2,1H3,(H,39,43)/t35-/m1/s1. The summed E-state index contributed by atoms with van der Waals surface area (Å²) in [4.78, 5) is 30.0. The number of hydrogen-bond acceptors (Lipinski definition) is 4. The number of sulfonamides is 1. The molecule has 4 aromatic rings. The van der Waals surface area contributed by atoms with E-state index < -0.39 is 34.3 Å². The summed E-state index contributed by atoms with van der Waals surface area (Å²) in [5.74, 6) is -1.70. The summed E-state index contributed by atoms with van der Waals surface area (Å²) >= 11 is 0. The normalized spacial score (nSPS) is 14.3. The Morgan fingerprint density at radius 1 is 0.804 bits per heavy atom. The minimum atomic E-state index is -4.38. The van der Waals surface area contributed by atoms with Crippen LogP contribution in [0.25, 0.3) is 0 Å². The molecule has 2 amide bonds. The number of para-hydroxylation sites is 1. The monoisotopic (exact) mass is 641 g/mol. The topological polar surface area (TPSA) is 86.8 Å². The van der Waals surface area contributed by atoms with Gasteiger partial charge in [0.1, 0.15) is 18.4 Å². The van der Waals surface area contributed by atoms with Gasteiger partial charge in [0, 0.05) is 19.0 Å². The van der Waals surface area contributed by atoms with Gasteiger partial charge in [-0.25, -0.2) is 12.8 Å². The van der Waals surface area contributed by atoms with Crippen LogP contribution in [0, 0.1) is 12.7 Å². The van der Waals surface area contributed by atoms with Gasteiger partial charge in [-0.3, -0.25) is 13.9 Å². The van der Waals surface area contributed by atoms with Crippen LogP contribution in [0.2, 0.25) is 0 Å². The fraction of sp³-hybridized carbons (Fsp3) is 0.297. The van der Waals surface area contributed by atoms with Gasteiger partial charge in [-0.1, -0.05) is 110 Å². The first-order chi connectivity index (χ1) is 22.2. The van der Waals surface area contributed by atoms with Crippen LogP contribution in [0.15, 0.2) is 114 Å². The highest BCUT2D eigenvalue weighted by Crippen LogP contribution is 2.28. The molecule has 46 heavy (non-hydrogen) atoms. The van der Waals surface area contributed by atoms with Gasteiger partial charge in [-0.05, 0) is 55.2 Å². The van der Waals surface area contributed by atoms with E-state index in [1.807, 2.05) is 67.6 Å². The number of nitrogens with one attached hydrogen (secondary N) is 1. The predicted octanol–water partition coefficient (Wildman–Crippen LogP) is 6.42. The zero-order chi connectivity index (χ0) is 32.5. The molecular weight excluding hydrogens is 601 g/mol. The number of halogens is 1. The van der Waals surface area contributed by atoms with Crippen molar-refractivity contribution in [1.82, 2.24) is 10.2 Å². The molecule has 0 spiro atoms. The Morgan fingerprint density at radius 3 is 2.02 bits per heavy atom. The van der Waals surface area contributed by atoms with Crippen molar-refractivity contribution in [3.8, 4) is 0 Å². The van der Waals surface area contributed by atoms with Crippen LogP contribution in [0.4, 0.5) is 10.1 Å². The molecule has 0 radical (unpaired) electrons. The summed E-state index contributed by atoms with van der Waals surface area (Å²) in [6.45, 7) is 1.19. The number of benzene rings is 4. The van der Waals surface area contributed by atoms with Crippen LogP contribution in [-0.4, -0.2) is 43.8 Å². The van der Waals surface area contributed by atoms with Crippen LogP contribution >= 0.6 is 0 Å². The lowest BCUT2D eigenvalue weighted by Gasteiger charge is -2.35. The second-order valence-electron chi connectivity index (χ2n) is 11.8. The highest BCUT2D eigenvalue weighted by Gasteiger charge is 2.36. The molecule has 1 aliphatic rings. The van der Waals surface area contributed by atoms with Gasteiger partial charge in [-0.2, -0.15) is 0 Å². The van der Waals surface area contributed by atoms with Crippen LogP contribution in [0.1, 0.15) is 48.8 Å². The molecule has 4 aromatic carbocycles. The van der Waals surface area contributed by atoms with E-state index in [1.54, 1.807) is 12.1 Å². The zero-order valence-corrected chi connectivity index (χ0v) is 26.8. The Kier molecular flexibility index (Phi) is 10.9. The van der Waals surface area contributed by atoms with Gasteiger partial charge in [-0.15, -0.1) is 0 Å². The van der Waals surface area contributed by atoms with Gasteiger partial charge in [0.25, 0.3) is 10.0 Å². The van der Waals surface area contributed by atoms with E-state index in [9.17, 15) is 18.0 Å². The lowest BCUT2D eigenvalue weighted by molar-refractivity contribution is -0.140. The van der Waals surface area contributed by atoms with E-state index >= 15 is 4.39 Å². The van der Waals surface area contributed by atoms with Gasteiger partial charge in [0.15, 0.2) is 0 Å². The molecule has 240 valence electrons. The van der Waals surface area contributed by atoms with Crippen molar-refractivity contribution in [2.24, 2.45) is 0 Å². The molecule has 1 aliphatic carbocycles. The van der Waals surface area contributed by atoms with Crippen LogP contribution in [-0.2, 0) is 32.6 Å². The van der Waals surface area contributed by atoms with Crippen molar-refractivity contribution in [3.05, 3.63) is 132 Å². The Hall–Kier alpha value is -4.50. The number of hydrogen-bond donors (Lipinski definition) is 1. The third-order valence-electron chi connectivity index (χ3n) is 8.43. The van der Waals surface area contributed by atoms with Crippen molar-refractivity contribution in [2.45, 2.75) is 69.0 Å². The van der Waals surface area contributed by atoms with Crippen LogP contribution in [0.5, 0.6) is 0 Å². The number of anilines is 1.